The first-order valence-electron chi connectivity index (χ1n) is 6.20. The molecular formula is C14H20N2O. The Hall–Kier alpha value is -1.35. The average Bonchev–Trinajstić information content (AvgIpc) is 2.27. The van der Waals surface area contributed by atoms with Crippen LogP contribution < -0.4 is 11.1 Å². The number of nitrogens with one attached hydrogen (secondary N) is 1. The lowest BCUT2D eigenvalue weighted by Crippen LogP contribution is -2.40. The van der Waals surface area contributed by atoms with Gasteiger partial charge in [-0.05, 0) is 43.9 Å². The number of rotatable bonds is 4. The smallest absolute Gasteiger partial charge is 0.224 e. The summed E-state index contributed by atoms with van der Waals surface area (Å²) >= 11 is 0. The summed E-state index contributed by atoms with van der Waals surface area (Å²) in [5.41, 5.74) is 7.89. The third kappa shape index (κ3) is 2.86. The largest absolute Gasteiger partial charge is 0.330 e. The maximum atomic E-state index is 11.9. The quantitative estimate of drug-likeness (QED) is 0.837. The van der Waals surface area contributed by atoms with Gasteiger partial charge < -0.3 is 11.1 Å². The molecule has 1 aliphatic rings. The van der Waals surface area contributed by atoms with Crippen LogP contribution in [0.3, 0.4) is 0 Å². The number of carbonyl (C=O) groups is 1. The molecule has 0 atom stereocenters. The number of nitrogens with two attached hydrogens (primary N) is 1. The van der Waals surface area contributed by atoms with E-state index >= 15 is 0 Å². The number of anilines is 1. The number of hydrogen-bond donors (Lipinski definition) is 2. The fraction of sp³-hybridized carbons (Fsp3) is 0.500. The molecule has 0 bridgehead atoms. The molecule has 17 heavy (non-hydrogen) atoms. The van der Waals surface area contributed by atoms with Crippen molar-refractivity contribution in [2.24, 2.45) is 11.1 Å². The standard InChI is InChI=1S/C14H20N2O/c1-11-3-5-12(6-4-11)16-13(17)9-14(10-15)7-2-8-14/h3-6H,2,7-10,15H2,1H3,(H,16,17). The molecule has 92 valence electrons. The summed E-state index contributed by atoms with van der Waals surface area (Å²) in [6.45, 7) is 2.65. The summed E-state index contributed by atoms with van der Waals surface area (Å²) in [5.74, 6) is 0.0824. The van der Waals surface area contributed by atoms with Crippen LogP contribution in [0.1, 0.15) is 31.2 Å². The minimum atomic E-state index is 0.0782. The Balaban J connectivity index is 1.91. The molecule has 0 saturated heterocycles. The Kier molecular flexibility index (Phi) is 3.48. The van der Waals surface area contributed by atoms with E-state index in [2.05, 4.69) is 5.32 Å². The zero-order valence-corrected chi connectivity index (χ0v) is 10.3. The number of aryl methyl sites for hydroxylation is 1. The van der Waals surface area contributed by atoms with E-state index in [4.69, 9.17) is 5.73 Å². The lowest BCUT2D eigenvalue weighted by atomic mass is 9.66. The minimum absolute atomic E-state index is 0.0782. The van der Waals surface area contributed by atoms with Crippen LogP contribution in [-0.4, -0.2) is 12.5 Å². The van der Waals surface area contributed by atoms with E-state index in [1.54, 1.807) is 0 Å². The Morgan fingerprint density at radius 1 is 1.35 bits per heavy atom. The molecule has 0 heterocycles. The zero-order valence-electron chi connectivity index (χ0n) is 10.3. The van der Waals surface area contributed by atoms with Crippen molar-refractivity contribution in [2.45, 2.75) is 32.6 Å². The molecule has 1 aliphatic carbocycles. The van der Waals surface area contributed by atoms with Crippen LogP contribution >= 0.6 is 0 Å². The highest BCUT2D eigenvalue weighted by atomic mass is 16.1. The number of benzene rings is 1. The summed E-state index contributed by atoms with van der Waals surface area (Å²) in [4.78, 5) is 11.9. The Morgan fingerprint density at radius 2 is 2.00 bits per heavy atom. The van der Waals surface area contributed by atoms with Gasteiger partial charge in [-0.3, -0.25) is 4.79 Å². The van der Waals surface area contributed by atoms with E-state index in [0.29, 0.717) is 13.0 Å². The second kappa shape index (κ2) is 4.88. The van der Waals surface area contributed by atoms with Gasteiger partial charge in [-0.2, -0.15) is 0 Å². The normalized spacial score (nSPS) is 17.3. The Bertz CT molecular complexity index is 388. The van der Waals surface area contributed by atoms with Crippen molar-refractivity contribution in [3.05, 3.63) is 29.8 Å². The minimum Gasteiger partial charge on any atom is -0.330 e. The van der Waals surface area contributed by atoms with Crippen molar-refractivity contribution in [1.29, 1.82) is 0 Å². The first-order valence-corrected chi connectivity index (χ1v) is 6.20. The monoisotopic (exact) mass is 232 g/mol. The summed E-state index contributed by atoms with van der Waals surface area (Å²) in [6.07, 6.45) is 3.93. The van der Waals surface area contributed by atoms with Crippen molar-refractivity contribution in [2.75, 3.05) is 11.9 Å². The van der Waals surface area contributed by atoms with Crippen LogP contribution in [0.25, 0.3) is 0 Å². The summed E-state index contributed by atoms with van der Waals surface area (Å²) in [6, 6.07) is 7.86. The highest BCUT2D eigenvalue weighted by molar-refractivity contribution is 5.91. The molecule has 1 amide bonds. The van der Waals surface area contributed by atoms with Crippen molar-refractivity contribution in [3.8, 4) is 0 Å². The van der Waals surface area contributed by atoms with Gasteiger partial charge in [0.15, 0.2) is 0 Å². The molecule has 1 fully saturated rings. The molecule has 3 nitrogen and oxygen atoms in total. The van der Waals surface area contributed by atoms with Crippen LogP contribution in [0.2, 0.25) is 0 Å². The van der Waals surface area contributed by atoms with Crippen LogP contribution in [-0.2, 0) is 4.79 Å². The lowest BCUT2D eigenvalue weighted by Gasteiger charge is -2.40. The van der Waals surface area contributed by atoms with E-state index in [1.165, 1.54) is 12.0 Å². The predicted molar refractivity (Wildman–Crippen MR) is 69.8 cm³/mol. The van der Waals surface area contributed by atoms with E-state index in [9.17, 15) is 4.79 Å². The molecule has 1 aromatic rings. The van der Waals surface area contributed by atoms with Gasteiger partial charge in [-0.15, -0.1) is 0 Å². The fourth-order valence-corrected chi connectivity index (χ4v) is 2.31. The third-order valence-corrected chi connectivity index (χ3v) is 3.72. The lowest BCUT2D eigenvalue weighted by molar-refractivity contribution is -0.119. The van der Waals surface area contributed by atoms with E-state index in [0.717, 1.165) is 18.5 Å². The average molecular weight is 232 g/mol. The van der Waals surface area contributed by atoms with Crippen molar-refractivity contribution >= 4 is 11.6 Å². The fourth-order valence-electron chi connectivity index (χ4n) is 2.31. The predicted octanol–water partition coefficient (Wildman–Crippen LogP) is 2.45. The van der Waals surface area contributed by atoms with Gasteiger partial charge in [0.1, 0.15) is 0 Å². The summed E-state index contributed by atoms with van der Waals surface area (Å²) in [7, 11) is 0. The molecule has 1 aromatic carbocycles. The first kappa shape index (κ1) is 12.1. The highest BCUT2D eigenvalue weighted by Crippen LogP contribution is 2.43. The van der Waals surface area contributed by atoms with E-state index in [1.807, 2.05) is 31.2 Å². The molecular weight excluding hydrogens is 212 g/mol. The molecule has 0 unspecified atom stereocenters. The van der Waals surface area contributed by atoms with E-state index < -0.39 is 0 Å². The van der Waals surface area contributed by atoms with Crippen molar-refractivity contribution < 1.29 is 4.79 Å². The molecule has 0 aromatic heterocycles. The zero-order chi connectivity index (χ0) is 12.3. The van der Waals surface area contributed by atoms with Gasteiger partial charge in [0.25, 0.3) is 0 Å². The van der Waals surface area contributed by atoms with Crippen LogP contribution in [0.4, 0.5) is 5.69 Å². The van der Waals surface area contributed by atoms with Gasteiger partial charge in [0.2, 0.25) is 5.91 Å². The van der Waals surface area contributed by atoms with Crippen LogP contribution in [0.5, 0.6) is 0 Å². The summed E-state index contributed by atoms with van der Waals surface area (Å²) < 4.78 is 0. The van der Waals surface area contributed by atoms with Gasteiger partial charge in [-0.25, -0.2) is 0 Å². The molecule has 0 spiro atoms. The van der Waals surface area contributed by atoms with Gasteiger partial charge in [0.05, 0.1) is 0 Å². The Morgan fingerprint density at radius 3 is 2.47 bits per heavy atom. The molecule has 2 rings (SSSR count). The first-order chi connectivity index (χ1) is 8.13. The second-order valence-corrected chi connectivity index (χ2v) is 5.15. The summed E-state index contributed by atoms with van der Waals surface area (Å²) in [5, 5.41) is 2.93. The molecule has 0 aliphatic heterocycles. The number of amides is 1. The maximum Gasteiger partial charge on any atom is 0.224 e. The third-order valence-electron chi connectivity index (χ3n) is 3.72. The molecule has 3 heteroatoms. The molecule has 1 saturated carbocycles. The van der Waals surface area contributed by atoms with Crippen LogP contribution in [0.15, 0.2) is 24.3 Å². The number of carbonyl (C=O) groups excluding carboxylic acids is 1. The number of hydrogen-bond acceptors (Lipinski definition) is 2. The van der Waals surface area contributed by atoms with E-state index in [-0.39, 0.29) is 11.3 Å². The Labute approximate surface area is 102 Å². The topological polar surface area (TPSA) is 55.1 Å². The maximum absolute atomic E-state index is 11.9. The highest BCUT2D eigenvalue weighted by Gasteiger charge is 2.37. The second-order valence-electron chi connectivity index (χ2n) is 5.15. The van der Waals surface area contributed by atoms with Crippen molar-refractivity contribution in [1.82, 2.24) is 0 Å². The van der Waals surface area contributed by atoms with Gasteiger partial charge in [-0.1, -0.05) is 24.1 Å². The molecule has 3 N–H and O–H groups in total. The van der Waals surface area contributed by atoms with Gasteiger partial charge in [0, 0.05) is 12.1 Å². The van der Waals surface area contributed by atoms with Crippen molar-refractivity contribution in [3.63, 3.8) is 0 Å². The SMILES string of the molecule is Cc1ccc(NC(=O)CC2(CN)CCC2)cc1. The molecule has 0 radical (unpaired) electrons. The van der Waals surface area contributed by atoms with Gasteiger partial charge >= 0.3 is 0 Å². The van der Waals surface area contributed by atoms with Crippen LogP contribution in [0, 0.1) is 12.3 Å².